The number of ether oxygens (including phenoxy) is 2. The van der Waals surface area contributed by atoms with E-state index in [1.165, 1.54) is 6.42 Å². The van der Waals surface area contributed by atoms with Crippen LogP contribution in [0.15, 0.2) is 18.2 Å². The summed E-state index contributed by atoms with van der Waals surface area (Å²) in [6.07, 6.45) is 4.28. The molecule has 34 heavy (non-hydrogen) atoms. The molecule has 0 bridgehead atoms. The summed E-state index contributed by atoms with van der Waals surface area (Å²) in [4.78, 5) is 23.9. The van der Waals surface area contributed by atoms with Gasteiger partial charge in [0.05, 0.1) is 19.2 Å². The number of carbonyl (C=O) groups is 1. The molecule has 2 aliphatic carbocycles. The second-order valence-electron chi connectivity index (χ2n) is 9.99. The second-order valence-corrected chi connectivity index (χ2v) is 9.99. The molecule has 1 aromatic carbocycles. The number of nitrogens with zero attached hydrogens (tertiary/aromatic N) is 3. The Morgan fingerprint density at radius 2 is 1.82 bits per heavy atom. The van der Waals surface area contributed by atoms with Crippen molar-refractivity contribution in [1.82, 2.24) is 9.97 Å². The topological polar surface area (TPSA) is 76.6 Å². The number of methoxy groups -OCH3 is 1. The van der Waals surface area contributed by atoms with Crippen LogP contribution in [0.3, 0.4) is 0 Å². The van der Waals surface area contributed by atoms with Crippen LogP contribution in [0.25, 0.3) is 0 Å². The molecule has 0 radical (unpaired) electrons. The van der Waals surface area contributed by atoms with Crippen molar-refractivity contribution in [3.05, 3.63) is 41.2 Å². The van der Waals surface area contributed by atoms with Crippen molar-refractivity contribution in [1.29, 1.82) is 0 Å². The number of halogens is 2. The maximum Gasteiger partial charge on any atom is 0.274 e. The van der Waals surface area contributed by atoms with Crippen LogP contribution < -0.4 is 15.0 Å². The molecule has 3 fully saturated rings. The Hall–Kier alpha value is -2.81. The van der Waals surface area contributed by atoms with Crippen molar-refractivity contribution in [2.24, 2.45) is 11.8 Å². The third-order valence-electron chi connectivity index (χ3n) is 7.07. The van der Waals surface area contributed by atoms with Crippen molar-refractivity contribution in [3.63, 3.8) is 0 Å². The van der Waals surface area contributed by atoms with Crippen LogP contribution in [0.1, 0.15) is 55.7 Å². The molecule has 2 aromatic rings. The molecular formula is C25H30F2N4O3. The highest BCUT2D eigenvalue weighted by molar-refractivity contribution is 6.03. The first-order valence-corrected chi connectivity index (χ1v) is 11.9. The van der Waals surface area contributed by atoms with E-state index in [4.69, 9.17) is 9.47 Å². The lowest BCUT2D eigenvalue weighted by Crippen LogP contribution is -2.61. The average molecular weight is 473 g/mol. The van der Waals surface area contributed by atoms with E-state index in [9.17, 15) is 13.6 Å². The zero-order valence-corrected chi connectivity index (χ0v) is 19.7. The van der Waals surface area contributed by atoms with Crippen LogP contribution in [-0.2, 0) is 11.2 Å². The molecule has 0 spiro atoms. The Morgan fingerprint density at radius 1 is 1.15 bits per heavy atom. The highest BCUT2D eigenvalue weighted by atomic mass is 19.1. The number of rotatable bonds is 8. The number of nitrogens with one attached hydrogen (secondary N) is 1. The molecule has 5 rings (SSSR count). The highest BCUT2D eigenvalue weighted by Crippen LogP contribution is 2.52. The molecule has 7 nitrogen and oxygen atoms in total. The van der Waals surface area contributed by atoms with Gasteiger partial charge in [-0.15, -0.1) is 0 Å². The Balaban J connectivity index is 1.31. The summed E-state index contributed by atoms with van der Waals surface area (Å²) < 4.78 is 40.4. The number of amides is 1. The molecule has 9 heteroatoms. The van der Waals surface area contributed by atoms with Crippen LogP contribution in [0.5, 0.6) is 5.75 Å². The molecule has 2 atom stereocenters. The fraction of sp³-hybridized carbons (Fsp3) is 0.560. The van der Waals surface area contributed by atoms with E-state index in [1.807, 2.05) is 18.7 Å². The quantitative estimate of drug-likeness (QED) is 0.615. The van der Waals surface area contributed by atoms with Crippen LogP contribution in [0.4, 0.5) is 20.4 Å². The van der Waals surface area contributed by atoms with Gasteiger partial charge in [0, 0.05) is 30.6 Å². The van der Waals surface area contributed by atoms with Gasteiger partial charge in [0.2, 0.25) is 5.95 Å². The minimum atomic E-state index is -0.828. The summed E-state index contributed by atoms with van der Waals surface area (Å²) in [5.41, 5.74) is 0.615. The van der Waals surface area contributed by atoms with Crippen molar-refractivity contribution in [3.8, 4) is 5.75 Å². The van der Waals surface area contributed by atoms with Gasteiger partial charge >= 0.3 is 0 Å². The molecule has 1 saturated heterocycles. The summed E-state index contributed by atoms with van der Waals surface area (Å²) in [5.74, 6) is -0.858. The standard InChI is InChI=1S/C25H30F2N4O3/c1-4-5-16-11-21(30-24(29-16)31-12-25(2,13-31)33-3)23(32)28-17-9-19(26)22(20(27)10-17)34-18-7-14-6-15(14)8-18/h9-11,14-15,18H,4-8,12-13H2,1-3H3,(H,28,32). The lowest BCUT2D eigenvalue weighted by Gasteiger charge is -2.46. The number of anilines is 2. The Labute approximate surface area is 197 Å². The third kappa shape index (κ3) is 4.58. The van der Waals surface area contributed by atoms with E-state index in [-0.39, 0.29) is 28.8 Å². The van der Waals surface area contributed by atoms with Crippen LogP contribution >= 0.6 is 0 Å². The summed E-state index contributed by atoms with van der Waals surface area (Å²) in [7, 11) is 1.66. The normalized spacial score (nSPS) is 24.4. The zero-order chi connectivity index (χ0) is 24.0. The lowest BCUT2D eigenvalue weighted by atomic mass is 9.97. The van der Waals surface area contributed by atoms with Crippen molar-refractivity contribution >= 4 is 17.5 Å². The molecule has 3 aliphatic rings. The largest absolute Gasteiger partial charge is 0.484 e. The fourth-order valence-electron chi connectivity index (χ4n) is 5.02. The lowest BCUT2D eigenvalue weighted by molar-refractivity contribution is -0.0175. The fourth-order valence-corrected chi connectivity index (χ4v) is 5.02. The average Bonchev–Trinajstić information content (AvgIpc) is 3.39. The van der Waals surface area contributed by atoms with Crippen LogP contribution in [0, 0.1) is 23.5 Å². The summed E-state index contributed by atoms with van der Waals surface area (Å²) >= 11 is 0. The van der Waals surface area contributed by atoms with Gasteiger partial charge < -0.3 is 19.7 Å². The summed E-state index contributed by atoms with van der Waals surface area (Å²) in [5, 5.41) is 2.57. The van der Waals surface area contributed by atoms with Gasteiger partial charge in [0.25, 0.3) is 5.91 Å². The van der Waals surface area contributed by atoms with E-state index in [0.29, 0.717) is 37.3 Å². The molecule has 1 aromatic heterocycles. The minimum Gasteiger partial charge on any atom is -0.484 e. The van der Waals surface area contributed by atoms with E-state index in [2.05, 4.69) is 15.3 Å². The van der Waals surface area contributed by atoms with E-state index < -0.39 is 17.5 Å². The minimum absolute atomic E-state index is 0.00901. The van der Waals surface area contributed by atoms with Crippen molar-refractivity contribution < 1.29 is 23.0 Å². The third-order valence-corrected chi connectivity index (χ3v) is 7.07. The molecule has 1 aliphatic heterocycles. The van der Waals surface area contributed by atoms with Crippen LogP contribution in [0.2, 0.25) is 0 Å². The van der Waals surface area contributed by atoms with Gasteiger partial charge in [-0.25, -0.2) is 18.7 Å². The highest BCUT2D eigenvalue weighted by Gasteiger charge is 2.47. The number of benzene rings is 1. The number of hydrogen-bond acceptors (Lipinski definition) is 6. The van der Waals surface area contributed by atoms with E-state index in [1.54, 1.807) is 13.2 Å². The van der Waals surface area contributed by atoms with E-state index >= 15 is 0 Å². The molecule has 2 saturated carbocycles. The van der Waals surface area contributed by atoms with Gasteiger partial charge in [0.1, 0.15) is 11.3 Å². The molecular weight excluding hydrogens is 442 g/mol. The predicted molar refractivity (Wildman–Crippen MR) is 123 cm³/mol. The van der Waals surface area contributed by atoms with Gasteiger partial charge in [-0.2, -0.15) is 0 Å². The van der Waals surface area contributed by atoms with E-state index in [0.717, 1.165) is 37.1 Å². The smallest absolute Gasteiger partial charge is 0.274 e. The predicted octanol–water partition coefficient (Wildman–Crippen LogP) is 4.36. The number of hydrogen-bond donors (Lipinski definition) is 1. The maximum atomic E-state index is 14.7. The first-order chi connectivity index (χ1) is 16.3. The molecule has 1 amide bonds. The number of fused-ring (bicyclic) bond motifs is 1. The molecule has 2 heterocycles. The monoisotopic (exact) mass is 472 g/mol. The van der Waals surface area contributed by atoms with Crippen molar-refractivity contribution in [2.75, 3.05) is 30.4 Å². The molecule has 1 N–H and O–H groups in total. The van der Waals surface area contributed by atoms with Gasteiger partial charge in [0.15, 0.2) is 17.4 Å². The van der Waals surface area contributed by atoms with Crippen LogP contribution in [-0.4, -0.2) is 47.8 Å². The Morgan fingerprint density at radius 3 is 2.44 bits per heavy atom. The second kappa shape index (κ2) is 8.76. The number of aryl methyl sites for hydroxylation is 1. The van der Waals surface area contributed by atoms with Gasteiger partial charge in [-0.1, -0.05) is 13.3 Å². The maximum absolute atomic E-state index is 14.7. The Bertz CT molecular complexity index is 1070. The molecule has 2 unspecified atom stereocenters. The first-order valence-electron chi connectivity index (χ1n) is 11.9. The zero-order valence-electron chi connectivity index (χ0n) is 19.7. The van der Waals surface area contributed by atoms with Gasteiger partial charge in [-0.05, 0) is 50.5 Å². The number of carbonyl (C=O) groups excluding carboxylic acids is 1. The Kier molecular flexibility index (Phi) is 5.91. The van der Waals surface area contributed by atoms with Gasteiger partial charge in [-0.3, -0.25) is 4.79 Å². The van der Waals surface area contributed by atoms with Crippen molar-refractivity contribution in [2.45, 2.75) is 57.7 Å². The SMILES string of the molecule is CCCc1cc(C(=O)Nc2cc(F)c(OC3CC4CC4C3)c(F)c2)nc(N2CC(C)(OC)C2)n1. The first kappa shape index (κ1) is 23.0. The number of aromatic nitrogens is 2. The summed E-state index contributed by atoms with van der Waals surface area (Å²) in [6.45, 7) is 5.25. The molecule has 182 valence electrons. The summed E-state index contributed by atoms with van der Waals surface area (Å²) in [6, 6.07) is 3.79.